The minimum Gasteiger partial charge on any atom is -0.469 e. The SMILES string of the molecule is CN(C)c1cc2c(nn1)CCN(C(=O)[C@@H]1C[C@H]1c1ccco1)C2. The molecule has 1 fully saturated rings. The first kappa shape index (κ1) is 14.2. The molecular formula is C17H20N4O2. The third kappa shape index (κ3) is 2.58. The third-order valence-electron chi connectivity index (χ3n) is 4.71. The van der Waals surface area contributed by atoms with Crippen molar-refractivity contribution >= 4 is 11.7 Å². The summed E-state index contributed by atoms with van der Waals surface area (Å²) < 4.78 is 5.43. The fourth-order valence-electron chi connectivity index (χ4n) is 3.24. The van der Waals surface area contributed by atoms with E-state index < -0.39 is 0 Å². The zero-order valence-corrected chi connectivity index (χ0v) is 13.4. The van der Waals surface area contributed by atoms with Crippen LogP contribution in [0.5, 0.6) is 0 Å². The molecule has 2 aromatic heterocycles. The van der Waals surface area contributed by atoms with Gasteiger partial charge in [-0.2, -0.15) is 5.10 Å². The van der Waals surface area contributed by atoms with Crippen molar-refractivity contribution in [2.24, 2.45) is 5.92 Å². The summed E-state index contributed by atoms with van der Waals surface area (Å²) in [5.74, 6) is 2.33. The van der Waals surface area contributed by atoms with E-state index in [-0.39, 0.29) is 17.7 Å². The first-order valence-electron chi connectivity index (χ1n) is 7.98. The Bertz CT molecular complexity index is 726. The Morgan fingerprint density at radius 1 is 1.39 bits per heavy atom. The van der Waals surface area contributed by atoms with Crippen molar-refractivity contribution in [3.8, 4) is 0 Å². The Morgan fingerprint density at radius 3 is 3.00 bits per heavy atom. The fraction of sp³-hybridized carbons (Fsp3) is 0.471. The molecule has 2 aromatic rings. The Labute approximate surface area is 135 Å². The highest BCUT2D eigenvalue weighted by Crippen LogP contribution is 2.48. The first-order valence-corrected chi connectivity index (χ1v) is 7.98. The summed E-state index contributed by atoms with van der Waals surface area (Å²) in [6.07, 6.45) is 3.35. The minimum absolute atomic E-state index is 0.0748. The van der Waals surface area contributed by atoms with Gasteiger partial charge < -0.3 is 14.2 Å². The van der Waals surface area contributed by atoms with Crippen LogP contribution in [0.2, 0.25) is 0 Å². The van der Waals surface area contributed by atoms with E-state index in [2.05, 4.69) is 10.2 Å². The van der Waals surface area contributed by atoms with Crippen molar-refractivity contribution in [2.45, 2.75) is 25.3 Å². The first-order chi connectivity index (χ1) is 11.1. The molecule has 0 saturated heterocycles. The summed E-state index contributed by atoms with van der Waals surface area (Å²) in [7, 11) is 3.89. The summed E-state index contributed by atoms with van der Waals surface area (Å²) >= 11 is 0. The van der Waals surface area contributed by atoms with Gasteiger partial charge in [0, 0.05) is 45.4 Å². The van der Waals surface area contributed by atoms with Crippen LogP contribution in [0.4, 0.5) is 5.82 Å². The number of fused-ring (bicyclic) bond motifs is 1. The Morgan fingerprint density at radius 2 is 2.26 bits per heavy atom. The standard InChI is InChI=1S/C17H20N4O2/c1-20(2)16-8-11-10-21(6-5-14(11)18-19-16)17(22)13-9-12(13)15-4-3-7-23-15/h3-4,7-8,12-13H,5-6,9-10H2,1-2H3/t12-,13-/m1/s1. The quantitative estimate of drug-likeness (QED) is 0.865. The molecule has 0 bridgehead atoms. The molecule has 3 heterocycles. The van der Waals surface area contributed by atoms with Crippen LogP contribution in [0.25, 0.3) is 0 Å². The van der Waals surface area contributed by atoms with Crippen molar-refractivity contribution in [1.82, 2.24) is 15.1 Å². The number of aromatic nitrogens is 2. The highest BCUT2D eigenvalue weighted by molar-refractivity contribution is 5.83. The van der Waals surface area contributed by atoms with Crippen LogP contribution in [0.3, 0.4) is 0 Å². The summed E-state index contributed by atoms with van der Waals surface area (Å²) in [6, 6.07) is 5.88. The number of nitrogens with zero attached hydrogens (tertiary/aromatic N) is 4. The Kier molecular flexibility index (Phi) is 3.32. The topological polar surface area (TPSA) is 62.5 Å². The van der Waals surface area contributed by atoms with Gasteiger partial charge in [-0.05, 0) is 30.2 Å². The molecule has 6 nitrogen and oxygen atoms in total. The molecule has 1 aliphatic carbocycles. The van der Waals surface area contributed by atoms with E-state index in [0.29, 0.717) is 6.54 Å². The number of anilines is 1. The second-order valence-corrected chi connectivity index (χ2v) is 6.54. The van der Waals surface area contributed by atoms with Gasteiger partial charge in [0.1, 0.15) is 5.76 Å². The van der Waals surface area contributed by atoms with E-state index in [1.807, 2.05) is 42.1 Å². The van der Waals surface area contributed by atoms with Crippen molar-refractivity contribution in [3.05, 3.63) is 41.5 Å². The number of hydrogen-bond acceptors (Lipinski definition) is 5. The van der Waals surface area contributed by atoms with Gasteiger partial charge in [0.25, 0.3) is 0 Å². The molecule has 6 heteroatoms. The van der Waals surface area contributed by atoms with E-state index >= 15 is 0 Å². The van der Waals surface area contributed by atoms with Crippen LogP contribution in [-0.2, 0) is 17.8 Å². The second kappa shape index (κ2) is 5.37. The summed E-state index contributed by atoms with van der Waals surface area (Å²) in [5.41, 5.74) is 2.12. The zero-order chi connectivity index (χ0) is 16.0. The lowest BCUT2D eigenvalue weighted by molar-refractivity contribution is -0.133. The molecule has 1 aliphatic heterocycles. The van der Waals surface area contributed by atoms with Crippen LogP contribution in [-0.4, -0.2) is 41.6 Å². The average molecular weight is 312 g/mol. The number of furan rings is 1. The van der Waals surface area contributed by atoms with Crippen LogP contribution in [0.15, 0.2) is 28.9 Å². The molecule has 2 aliphatic rings. The van der Waals surface area contributed by atoms with Gasteiger partial charge in [0.05, 0.1) is 12.0 Å². The summed E-state index contributed by atoms with van der Waals surface area (Å²) in [6.45, 7) is 1.36. The van der Waals surface area contributed by atoms with E-state index in [0.717, 1.165) is 42.2 Å². The summed E-state index contributed by atoms with van der Waals surface area (Å²) in [4.78, 5) is 16.6. The minimum atomic E-state index is 0.0748. The zero-order valence-electron chi connectivity index (χ0n) is 13.4. The van der Waals surface area contributed by atoms with E-state index in [9.17, 15) is 4.79 Å². The maximum absolute atomic E-state index is 12.7. The van der Waals surface area contributed by atoms with Gasteiger partial charge in [-0.15, -0.1) is 5.10 Å². The number of rotatable bonds is 3. The Balaban J connectivity index is 1.47. The van der Waals surface area contributed by atoms with Crippen LogP contribution >= 0.6 is 0 Å². The van der Waals surface area contributed by atoms with Crippen molar-refractivity contribution in [1.29, 1.82) is 0 Å². The van der Waals surface area contributed by atoms with Gasteiger partial charge in [0.15, 0.2) is 5.82 Å². The fourth-order valence-corrected chi connectivity index (χ4v) is 3.24. The molecule has 0 spiro atoms. The highest BCUT2D eigenvalue weighted by Gasteiger charge is 2.47. The van der Waals surface area contributed by atoms with Crippen molar-refractivity contribution in [2.75, 3.05) is 25.5 Å². The number of carbonyl (C=O) groups is 1. The molecule has 120 valence electrons. The lowest BCUT2D eigenvalue weighted by Gasteiger charge is -2.28. The van der Waals surface area contributed by atoms with Crippen molar-refractivity contribution in [3.63, 3.8) is 0 Å². The predicted octanol–water partition coefficient (Wildman–Crippen LogP) is 1.82. The van der Waals surface area contributed by atoms with Crippen LogP contribution < -0.4 is 4.90 Å². The normalized spacial score (nSPS) is 22.6. The number of carbonyl (C=O) groups excluding carboxylic acids is 1. The van der Waals surface area contributed by atoms with E-state index in [1.54, 1.807) is 6.26 Å². The van der Waals surface area contributed by atoms with Gasteiger partial charge in [-0.25, -0.2) is 0 Å². The van der Waals surface area contributed by atoms with E-state index in [4.69, 9.17) is 4.42 Å². The monoisotopic (exact) mass is 312 g/mol. The van der Waals surface area contributed by atoms with Gasteiger partial charge in [0.2, 0.25) is 5.91 Å². The lowest BCUT2D eigenvalue weighted by atomic mass is 10.1. The highest BCUT2D eigenvalue weighted by atomic mass is 16.3. The molecule has 0 radical (unpaired) electrons. The summed E-state index contributed by atoms with van der Waals surface area (Å²) in [5, 5.41) is 8.52. The molecule has 2 atom stereocenters. The lowest BCUT2D eigenvalue weighted by Crippen LogP contribution is -2.37. The van der Waals surface area contributed by atoms with Crippen LogP contribution in [0, 0.1) is 5.92 Å². The molecular weight excluding hydrogens is 292 g/mol. The van der Waals surface area contributed by atoms with Crippen LogP contribution in [0.1, 0.15) is 29.4 Å². The van der Waals surface area contributed by atoms with E-state index in [1.165, 1.54) is 0 Å². The molecule has 0 N–H and O–H groups in total. The Hall–Kier alpha value is -2.37. The maximum Gasteiger partial charge on any atom is 0.226 e. The average Bonchev–Trinajstić information content (AvgIpc) is 3.17. The van der Waals surface area contributed by atoms with Gasteiger partial charge in [-0.1, -0.05) is 0 Å². The maximum atomic E-state index is 12.7. The largest absolute Gasteiger partial charge is 0.469 e. The molecule has 1 amide bonds. The van der Waals surface area contributed by atoms with Gasteiger partial charge in [-0.3, -0.25) is 4.79 Å². The van der Waals surface area contributed by atoms with Crippen molar-refractivity contribution < 1.29 is 9.21 Å². The molecule has 0 unspecified atom stereocenters. The van der Waals surface area contributed by atoms with Gasteiger partial charge >= 0.3 is 0 Å². The number of hydrogen-bond donors (Lipinski definition) is 0. The molecule has 0 aromatic carbocycles. The third-order valence-corrected chi connectivity index (χ3v) is 4.71. The number of amides is 1. The second-order valence-electron chi connectivity index (χ2n) is 6.54. The molecule has 1 saturated carbocycles. The predicted molar refractivity (Wildman–Crippen MR) is 85.0 cm³/mol. The molecule has 4 rings (SSSR count). The molecule has 23 heavy (non-hydrogen) atoms. The smallest absolute Gasteiger partial charge is 0.226 e.